The lowest BCUT2D eigenvalue weighted by molar-refractivity contribution is -0.682. The van der Waals surface area contributed by atoms with E-state index in [1.165, 1.54) is 6.42 Å². The van der Waals surface area contributed by atoms with Gasteiger partial charge in [0, 0.05) is 11.8 Å². The fourth-order valence-electron chi connectivity index (χ4n) is 4.17. The molecule has 0 radical (unpaired) electrons. The first-order valence-corrected chi connectivity index (χ1v) is 6.66. The molecule has 3 aliphatic rings. The molecule has 0 spiro atoms. The minimum atomic E-state index is -0.608. The second kappa shape index (κ2) is 3.31. The van der Waals surface area contributed by atoms with Gasteiger partial charge in [0.05, 0.1) is 7.05 Å². The van der Waals surface area contributed by atoms with E-state index >= 15 is 0 Å². The molecule has 17 heavy (non-hydrogen) atoms. The van der Waals surface area contributed by atoms with Crippen molar-refractivity contribution in [3.8, 4) is 0 Å². The van der Waals surface area contributed by atoms with Gasteiger partial charge in [0.2, 0.25) is 6.04 Å². The fraction of sp³-hybridized carbons (Fsp3) is 0.846. The molecule has 1 heterocycles. The molecular weight excluding hydrogens is 214 g/mol. The number of amides is 1. The lowest BCUT2D eigenvalue weighted by atomic mass is 9.78. The Kier molecular flexibility index (Phi) is 2.18. The molecule has 4 atom stereocenters. The molecule has 0 aromatic carbocycles. The van der Waals surface area contributed by atoms with Crippen molar-refractivity contribution in [1.82, 2.24) is 5.01 Å². The Bertz CT molecular complexity index is 403. The predicted molar refractivity (Wildman–Crippen MR) is 65.5 cm³/mol. The highest BCUT2D eigenvalue weighted by Gasteiger charge is 2.72. The van der Waals surface area contributed by atoms with E-state index in [0.717, 1.165) is 12.8 Å². The Morgan fingerprint density at radius 3 is 2.88 bits per heavy atom. The van der Waals surface area contributed by atoms with Crippen molar-refractivity contribution in [2.45, 2.75) is 44.7 Å². The van der Waals surface area contributed by atoms with Gasteiger partial charge in [0.25, 0.3) is 0 Å². The van der Waals surface area contributed by atoms with Crippen LogP contribution in [-0.2, 0) is 4.79 Å². The molecule has 4 heteroatoms. The molecule has 3 fully saturated rings. The molecule has 2 bridgehead atoms. The molecular formula is C13H22N3O+. The largest absolute Gasteiger partial charge is 0.311 e. The third-order valence-electron chi connectivity index (χ3n) is 4.83. The Morgan fingerprint density at radius 2 is 2.24 bits per heavy atom. The number of hydrazone groups is 1. The van der Waals surface area contributed by atoms with E-state index in [1.807, 2.05) is 7.05 Å². The molecule has 2 N–H and O–H groups in total. The second-order valence-corrected chi connectivity index (χ2v) is 6.25. The summed E-state index contributed by atoms with van der Waals surface area (Å²) < 4.78 is 2.12. The third kappa shape index (κ3) is 1.22. The highest BCUT2D eigenvalue weighted by molar-refractivity contribution is 5.89. The molecule has 2 saturated carbocycles. The maximum Gasteiger partial charge on any atom is 0.304 e. The normalized spacial score (nSPS) is 46.4. The molecule has 3 rings (SSSR count). The number of fused-ring (bicyclic) bond motifs is 5. The molecule has 1 saturated heterocycles. The highest BCUT2D eigenvalue weighted by atomic mass is 16.2. The molecule has 0 aromatic rings. The Labute approximate surface area is 102 Å². The number of carbonyl (C=O) groups excluding carboxylic acids is 1. The monoisotopic (exact) mass is 236 g/mol. The molecule has 0 aromatic heterocycles. The SMILES string of the molecule is CC(C)/C=[N+]1/[C@@H]2[C@H]3CC[C@H](C3)[C@]2(N)C(=O)N1C. The number of nitrogens with zero attached hydrogens (tertiary/aromatic N) is 2. The van der Waals surface area contributed by atoms with Gasteiger partial charge in [-0.1, -0.05) is 13.8 Å². The van der Waals surface area contributed by atoms with Crippen LogP contribution in [-0.4, -0.2) is 40.4 Å². The zero-order valence-electron chi connectivity index (χ0n) is 10.9. The average Bonchev–Trinajstić information content (AvgIpc) is 2.87. The van der Waals surface area contributed by atoms with Gasteiger partial charge in [-0.3, -0.25) is 4.79 Å². The summed E-state index contributed by atoms with van der Waals surface area (Å²) in [6.45, 7) is 4.28. The van der Waals surface area contributed by atoms with Crippen LogP contribution in [0.1, 0.15) is 33.1 Å². The Balaban J connectivity index is 2.07. The maximum absolute atomic E-state index is 12.4. The summed E-state index contributed by atoms with van der Waals surface area (Å²) in [6.07, 6.45) is 5.66. The molecule has 1 aliphatic heterocycles. The molecule has 4 nitrogen and oxygen atoms in total. The van der Waals surface area contributed by atoms with Gasteiger partial charge >= 0.3 is 5.91 Å². The van der Waals surface area contributed by atoms with Crippen LogP contribution < -0.4 is 5.73 Å². The number of rotatable bonds is 1. The summed E-state index contributed by atoms with van der Waals surface area (Å²) in [7, 11) is 1.85. The zero-order valence-corrected chi connectivity index (χ0v) is 10.9. The van der Waals surface area contributed by atoms with Crippen LogP contribution in [0.5, 0.6) is 0 Å². The van der Waals surface area contributed by atoms with Gasteiger partial charge in [-0.05, 0) is 25.2 Å². The van der Waals surface area contributed by atoms with Gasteiger partial charge in [-0.2, -0.15) is 0 Å². The van der Waals surface area contributed by atoms with Crippen molar-refractivity contribution in [3.05, 3.63) is 0 Å². The van der Waals surface area contributed by atoms with E-state index in [2.05, 4.69) is 24.7 Å². The van der Waals surface area contributed by atoms with E-state index in [1.54, 1.807) is 5.01 Å². The Hall–Kier alpha value is -0.900. The first kappa shape index (κ1) is 11.2. The Morgan fingerprint density at radius 1 is 1.53 bits per heavy atom. The standard InChI is InChI=1S/C13H22N3O/c1-8(2)7-16-11-9-4-5-10(6-9)13(11,14)12(17)15(16)3/h7-11H,4-6,14H2,1-3H3/q+1/b16-7-/t9-,10+,11+,13+/m0/s1. The van der Waals surface area contributed by atoms with Crippen LogP contribution in [0.3, 0.4) is 0 Å². The maximum atomic E-state index is 12.4. The topological polar surface area (TPSA) is 49.3 Å². The van der Waals surface area contributed by atoms with Gasteiger partial charge in [0.1, 0.15) is 0 Å². The smallest absolute Gasteiger partial charge is 0.304 e. The highest BCUT2D eigenvalue weighted by Crippen LogP contribution is 2.54. The van der Waals surface area contributed by atoms with E-state index in [9.17, 15) is 4.79 Å². The van der Waals surface area contributed by atoms with E-state index in [0.29, 0.717) is 17.8 Å². The third-order valence-corrected chi connectivity index (χ3v) is 4.83. The number of hydrogen-bond donors (Lipinski definition) is 1. The van der Waals surface area contributed by atoms with Crippen LogP contribution in [0.25, 0.3) is 0 Å². The van der Waals surface area contributed by atoms with Crippen molar-refractivity contribution in [2.24, 2.45) is 23.5 Å². The number of carbonyl (C=O) groups is 1. The molecule has 1 amide bonds. The van der Waals surface area contributed by atoms with Gasteiger partial charge in [-0.15, -0.1) is 9.69 Å². The van der Waals surface area contributed by atoms with Crippen molar-refractivity contribution < 1.29 is 9.48 Å². The van der Waals surface area contributed by atoms with E-state index < -0.39 is 5.54 Å². The first-order valence-electron chi connectivity index (χ1n) is 6.66. The van der Waals surface area contributed by atoms with Crippen LogP contribution in [0.2, 0.25) is 0 Å². The minimum Gasteiger partial charge on any atom is -0.311 e. The lowest BCUT2D eigenvalue weighted by Crippen LogP contribution is -2.58. The van der Waals surface area contributed by atoms with Crippen LogP contribution in [0.15, 0.2) is 0 Å². The molecule has 94 valence electrons. The van der Waals surface area contributed by atoms with Gasteiger partial charge < -0.3 is 5.73 Å². The van der Waals surface area contributed by atoms with Crippen molar-refractivity contribution in [1.29, 1.82) is 0 Å². The summed E-state index contributed by atoms with van der Waals surface area (Å²) in [5.41, 5.74) is 5.89. The molecule has 2 aliphatic carbocycles. The van der Waals surface area contributed by atoms with Crippen LogP contribution in [0, 0.1) is 17.8 Å². The van der Waals surface area contributed by atoms with Crippen LogP contribution in [0.4, 0.5) is 0 Å². The van der Waals surface area contributed by atoms with E-state index in [-0.39, 0.29) is 11.9 Å². The minimum absolute atomic E-state index is 0.117. The zero-order chi connectivity index (χ0) is 12.4. The summed E-state index contributed by atoms with van der Waals surface area (Å²) in [4.78, 5) is 12.4. The second-order valence-electron chi connectivity index (χ2n) is 6.25. The predicted octanol–water partition coefficient (Wildman–Crippen LogP) is 0.609. The fourth-order valence-corrected chi connectivity index (χ4v) is 4.17. The summed E-state index contributed by atoms with van der Waals surface area (Å²) in [5.74, 6) is 1.56. The summed E-state index contributed by atoms with van der Waals surface area (Å²) in [6, 6.07) is 0.209. The first-order chi connectivity index (χ1) is 7.96. The van der Waals surface area contributed by atoms with Gasteiger partial charge in [0.15, 0.2) is 11.8 Å². The summed E-state index contributed by atoms with van der Waals surface area (Å²) in [5, 5.41) is 1.75. The average molecular weight is 236 g/mol. The van der Waals surface area contributed by atoms with Crippen molar-refractivity contribution in [3.63, 3.8) is 0 Å². The number of hydrogen-bond acceptors (Lipinski definition) is 2. The van der Waals surface area contributed by atoms with Gasteiger partial charge in [-0.25, -0.2) is 0 Å². The number of likely N-dealkylation sites (N-methyl/N-ethyl adjacent to an activating group) is 1. The number of hydrazine groups is 1. The molecule has 0 unspecified atom stereocenters. The summed E-state index contributed by atoms with van der Waals surface area (Å²) >= 11 is 0. The van der Waals surface area contributed by atoms with Crippen LogP contribution >= 0.6 is 0 Å². The van der Waals surface area contributed by atoms with Crippen molar-refractivity contribution in [2.75, 3.05) is 7.05 Å². The lowest BCUT2D eigenvalue weighted by Gasteiger charge is -2.27. The van der Waals surface area contributed by atoms with Crippen molar-refractivity contribution >= 4 is 12.1 Å². The van der Waals surface area contributed by atoms with E-state index in [4.69, 9.17) is 5.73 Å². The quantitative estimate of drug-likeness (QED) is 0.678. The number of nitrogens with two attached hydrogens (primary N) is 1.